The molecule has 0 spiro atoms. The van der Waals surface area contributed by atoms with Gasteiger partial charge in [0.2, 0.25) is 5.60 Å². The van der Waals surface area contributed by atoms with Crippen LogP contribution in [0.5, 0.6) is 0 Å². The predicted octanol–water partition coefficient (Wildman–Crippen LogP) is 2.20. The van der Waals surface area contributed by atoms with Gasteiger partial charge in [0.15, 0.2) is 6.29 Å². The summed E-state index contributed by atoms with van der Waals surface area (Å²) in [5.41, 5.74) is -0.967. The third kappa shape index (κ3) is 2.85. The van der Waals surface area contributed by atoms with Crippen LogP contribution in [0.25, 0.3) is 0 Å². The van der Waals surface area contributed by atoms with Crippen molar-refractivity contribution in [2.75, 3.05) is 21.3 Å². The molecular weight excluding hydrogens is 324 g/mol. The summed E-state index contributed by atoms with van der Waals surface area (Å²) in [5, 5.41) is 0. The molecule has 0 saturated heterocycles. The highest BCUT2D eigenvalue weighted by molar-refractivity contribution is 5.93. The number of rotatable bonds is 6. The van der Waals surface area contributed by atoms with Crippen LogP contribution in [-0.4, -0.2) is 45.2 Å². The zero-order valence-electron chi connectivity index (χ0n) is 14.5. The van der Waals surface area contributed by atoms with Crippen molar-refractivity contribution in [3.8, 4) is 0 Å². The van der Waals surface area contributed by atoms with Crippen molar-refractivity contribution < 1.29 is 28.5 Å². The molecule has 0 aromatic heterocycles. The normalized spacial score (nSPS) is 29.8. The van der Waals surface area contributed by atoms with Gasteiger partial charge in [0.05, 0.1) is 12.7 Å². The van der Waals surface area contributed by atoms with Crippen LogP contribution in [0, 0.1) is 17.8 Å². The number of hydrogen-bond acceptors (Lipinski definition) is 6. The van der Waals surface area contributed by atoms with Crippen molar-refractivity contribution in [3.63, 3.8) is 0 Å². The molecule has 6 nitrogen and oxygen atoms in total. The van der Waals surface area contributed by atoms with Gasteiger partial charge in [0.25, 0.3) is 0 Å². The summed E-state index contributed by atoms with van der Waals surface area (Å²) in [6, 6.07) is 8.61. The van der Waals surface area contributed by atoms with E-state index in [2.05, 4.69) is 0 Å². The summed E-state index contributed by atoms with van der Waals surface area (Å²) in [4.78, 5) is 25.2. The Hall–Kier alpha value is -2.18. The highest BCUT2D eigenvalue weighted by Crippen LogP contribution is 2.55. The molecule has 0 unspecified atom stereocenters. The number of methoxy groups -OCH3 is 3. The SMILES string of the molecule is COC(=O)[C@@]1(OC(=O)c2ccccc2)C[C@H]2C=C[C@@H]1[C@@H]2C(OC)OC. The molecule has 0 aliphatic heterocycles. The van der Waals surface area contributed by atoms with Crippen molar-refractivity contribution in [2.24, 2.45) is 17.8 Å². The van der Waals surface area contributed by atoms with E-state index < -0.39 is 23.8 Å². The molecule has 1 fully saturated rings. The van der Waals surface area contributed by atoms with E-state index in [1.54, 1.807) is 38.5 Å². The number of hydrogen-bond donors (Lipinski definition) is 0. The Morgan fingerprint density at radius 3 is 2.36 bits per heavy atom. The average Bonchev–Trinajstić information content (AvgIpc) is 3.19. The van der Waals surface area contributed by atoms with Crippen molar-refractivity contribution in [1.82, 2.24) is 0 Å². The van der Waals surface area contributed by atoms with Crippen molar-refractivity contribution >= 4 is 11.9 Å². The zero-order chi connectivity index (χ0) is 18.0. The fraction of sp³-hybridized carbons (Fsp3) is 0.474. The zero-order valence-corrected chi connectivity index (χ0v) is 14.5. The quantitative estimate of drug-likeness (QED) is 0.447. The van der Waals surface area contributed by atoms with E-state index in [4.69, 9.17) is 18.9 Å². The monoisotopic (exact) mass is 346 g/mol. The maximum Gasteiger partial charge on any atom is 0.351 e. The first-order valence-corrected chi connectivity index (χ1v) is 8.18. The Morgan fingerprint density at radius 2 is 1.76 bits per heavy atom. The summed E-state index contributed by atoms with van der Waals surface area (Å²) in [7, 11) is 4.42. The number of allylic oxidation sites excluding steroid dienone is 1. The minimum Gasteiger partial charge on any atom is -0.466 e. The predicted molar refractivity (Wildman–Crippen MR) is 88.6 cm³/mol. The second kappa shape index (κ2) is 6.98. The second-order valence-electron chi connectivity index (χ2n) is 6.33. The van der Waals surface area contributed by atoms with Crippen molar-refractivity contribution in [1.29, 1.82) is 0 Å². The molecule has 0 heterocycles. The third-order valence-electron chi connectivity index (χ3n) is 5.15. The van der Waals surface area contributed by atoms with Gasteiger partial charge in [-0.25, -0.2) is 9.59 Å². The Morgan fingerprint density at radius 1 is 1.08 bits per heavy atom. The lowest BCUT2D eigenvalue weighted by Gasteiger charge is -2.33. The minimum atomic E-state index is -1.36. The third-order valence-corrected chi connectivity index (χ3v) is 5.15. The molecule has 1 aromatic carbocycles. The van der Waals surface area contributed by atoms with E-state index in [9.17, 15) is 9.59 Å². The molecule has 0 amide bonds. The highest BCUT2D eigenvalue weighted by Gasteiger charge is 2.64. The molecule has 2 aliphatic rings. The molecule has 3 rings (SSSR count). The van der Waals surface area contributed by atoms with Crippen LogP contribution in [0.2, 0.25) is 0 Å². The number of benzene rings is 1. The lowest BCUT2D eigenvalue weighted by molar-refractivity contribution is -0.173. The average molecular weight is 346 g/mol. The van der Waals surface area contributed by atoms with Crippen LogP contribution in [0.3, 0.4) is 0 Å². The number of fused-ring (bicyclic) bond motifs is 2. The summed E-state index contributed by atoms with van der Waals surface area (Å²) in [6.07, 6.45) is 3.79. The minimum absolute atomic E-state index is 0.0116. The van der Waals surface area contributed by atoms with Crippen LogP contribution >= 0.6 is 0 Å². The second-order valence-corrected chi connectivity index (χ2v) is 6.33. The first-order chi connectivity index (χ1) is 12.1. The van der Waals surface area contributed by atoms with Gasteiger partial charge in [-0.3, -0.25) is 0 Å². The summed E-state index contributed by atoms with van der Waals surface area (Å²) < 4.78 is 21.6. The molecule has 0 radical (unpaired) electrons. The molecule has 25 heavy (non-hydrogen) atoms. The van der Waals surface area contributed by atoms with Gasteiger partial charge < -0.3 is 18.9 Å². The molecular formula is C19H22O6. The largest absolute Gasteiger partial charge is 0.466 e. The Balaban J connectivity index is 1.92. The van der Waals surface area contributed by atoms with Gasteiger partial charge in [-0.2, -0.15) is 0 Å². The van der Waals surface area contributed by atoms with Gasteiger partial charge in [-0.1, -0.05) is 30.4 Å². The smallest absolute Gasteiger partial charge is 0.351 e. The summed E-state index contributed by atoms with van der Waals surface area (Å²) in [5.74, 6) is -1.56. The first kappa shape index (κ1) is 17.6. The maximum absolute atomic E-state index is 12.6. The summed E-state index contributed by atoms with van der Waals surface area (Å²) >= 11 is 0. The molecule has 4 atom stereocenters. The number of carbonyl (C=O) groups is 2. The van der Waals surface area contributed by atoms with Crippen LogP contribution in [0.1, 0.15) is 16.8 Å². The van der Waals surface area contributed by atoms with Gasteiger partial charge in [0.1, 0.15) is 0 Å². The molecule has 134 valence electrons. The Labute approximate surface area is 146 Å². The van der Waals surface area contributed by atoms with Crippen LogP contribution in [-0.2, 0) is 23.7 Å². The van der Waals surface area contributed by atoms with E-state index in [1.165, 1.54) is 7.11 Å². The number of esters is 2. The van der Waals surface area contributed by atoms with Gasteiger partial charge >= 0.3 is 11.9 Å². The first-order valence-electron chi connectivity index (χ1n) is 8.18. The Kier molecular flexibility index (Phi) is 4.92. The standard InChI is InChI=1S/C19H22O6/c1-22-17(23-2)15-13-9-10-14(15)19(11-13,18(21)24-3)25-16(20)12-7-5-4-6-8-12/h4-10,13-15,17H,11H2,1-3H3/t13-,14-,15-,19-/m1/s1. The topological polar surface area (TPSA) is 71.1 Å². The lowest BCUT2D eigenvalue weighted by Crippen LogP contribution is -2.49. The van der Waals surface area contributed by atoms with Crippen LogP contribution in [0.4, 0.5) is 0 Å². The van der Waals surface area contributed by atoms with Crippen molar-refractivity contribution in [3.05, 3.63) is 48.0 Å². The fourth-order valence-electron chi connectivity index (χ4n) is 4.07. The van der Waals surface area contributed by atoms with Gasteiger partial charge in [0, 0.05) is 32.5 Å². The molecule has 1 aromatic rings. The maximum atomic E-state index is 12.6. The lowest BCUT2D eigenvalue weighted by atomic mass is 9.85. The van der Waals surface area contributed by atoms with E-state index in [-0.39, 0.29) is 17.8 Å². The van der Waals surface area contributed by atoms with Crippen LogP contribution < -0.4 is 0 Å². The highest BCUT2D eigenvalue weighted by atomic mass is 16.7. The molecule has 6 heteroatoms. The summed E-state index contributed by atoms with van der Waals surface area (Å²) in [6.45, 7) is 0. The van der Waals surface area contributed by atoms with Gasteiger partial charge in [-0.15, -0.1) is 0 Å². The number of carbonyl (C=O) groups excluding carboxylic acids is 2. The van der Waals surface area contributed by atoms with E-state index in [1.807, 2.05) is 18.2 Å². The number of ether oxygens (including phenoxy) is 4. The van der Waals surface area contributed by atoms with E-state index in [0.717, 1.165) is 0 Å². The Bertz CT molecular complexity index is 666. The molecule has 2 aliphatic carbocycles. The van der Waals surface area contributed by atoms with E-state index in [0.29, 0.717) is 12.0 Å². The molecule has 1 saturated carbocycles. The molecule has 2 bridgehead atoms. The fourth-order valence-corrected chi connectivity index (χ4v) is 4.07. The molecule has 0 N–H and O–H groups in total. The van der Waals surface area contributed by atoms with Gasteiger partial charge in [-0.05, 0) is 18.1 Å². The van der Waals surface area contributed by atoms with E-state index >= 15 is 0 Å². The van der Waals surface area contributed by atoms with Crippen molar-refractivity contribution in [2.45, 2.75) is 18.3 Å². The van der Waals surface area contributed by atoms with Crippen LogP contribution in [0.15, 0.2) is 42.5 Å².